The minimum Gasteiger partial charge on any atom is -0.506 e. The summed E-state index contributed by atoms with van der Waals surface area (Å²) in [5, 5.41) is 10.2. The van der Waals surface area contributed by atoms with Gasteiger partial charge in [-0.25, -0.2) is 0 Å². The summed E-state index contributed by atoms with van der Waals surface area (Å²) in [5.41, 5.74) is 9.36. The van der Waals surface area contributed by atoms with Gasteiger partial charge in [0.2, 0.25) is 0 Å². The zero-order valence-electron chi connectivity index (χ0n) is 9.81. The molecule has 2 rings (SSSR count). The Labute approximate surface area is 105 Å². The second kappa shape index (κ2) is 4.04. The van der Waals surface area contributed by atoms with Crippen molar-refractivity contribution in [3.05, 3.63) is 27.2 Å². The number of halogens is 1. The van der Waals surface area contributed by atoms with E-state index in [2.05, 4.69) is 22.9 Å². The quantitative estimate of drug-likeness (QED) is 0.829. The van der Waals surface area contributed by atoms with Crippen LogP contribution in [0.4, 0.5) is 0 Å². The molecule has 0 amide bonds. The molecule has 1 saturated carbocycles. The summed E-state index contributed by atoms with van der Waals surface area (Å²) in [6.07, 6.45) is 4.25. The van der Waals surface area contributed by atoms with Crippen LogP contribution in [-0.4, -0.2) is 5.11 Å². The minimum atomic E-state index is -0.331. The number of phenols is 1. The zero-order valence-corrected chi connectivity index (χ0v) is 11.4. The first-order chi connectivity index (χ1) is 7.46. The fourth-order valence-electron chi connectivity index (χ4n) is 2.73. The Hall–Kier alpha value is -0.540. The van der Waals surface area contributed by atoms with Gasteiger partial charge in [-0.05, 0) is 59.8 Å². The van der Waals surface area contributed by atoms with Gasteiger partial charge in [-0.2, -0.15) is 0 Å². The number of hydrogen-bond acceptors (Lipinski definition) is 2. The zero-order chi connectivity index (χ0) is 11.9. The maximum absolute atomic E-state index is 10.2. The highest BCUT2D eigenvalue weighted by atomic mass is 79.9. The fraction of sp³-hybridized carbons (Fsp3) is 0.538. The third-order valence-electron chi connectivity index (χ3n) is 3.77. The van der Waals surface area contributed by atoms with Crippen LogP contribution in [0.3, 0.4) is 0 Å². The molecule has 3 heteroatoms. The van der Waals surface area contributed by atoms with E-state index in [1.807, 2.05) is 13.0 Å². The van der Waals surface area contributed by atoms with Gasteiger partial charge < -0.3 is 10.8 Å². The van der Waals surface area contributed by atoms with E-state index in [0.717, 1.165) is 41.3 Å². The Morgan fingerprint density at radius 2 is 1.88 bits per heavy atom. The van der Waals surface area contributed by atoms with Crippen molar-refractivity contribution < 1.29 is 5.11 Å². The van der Waals surface area contributed by atoms with Crippen LogP contribution in [0, 0.1) is 13.8 Å². The smallest absolute Gasteiger partial charge is 0.135 e. The molecule has 1 aliphatic rings. The summed E-state index contributed by atoms with van der Waals surface area (Å²) in [6.45, 7) is 4.10. The Balaban J connectivity index is 2.63. The second-order valence-electron chi connectivity index (χ2n) is 4.89. The molecule has 0 spiro atoms. The van der Waals surface area contributed by atoms with Gasteiger partial charge in [0.15, 0.2) is 0 Å². The molecule has 1 aliphatic carbocycles. The van der Waals surface area contributed by atoms with E-state index in [4.69, 9.17) is 5.73 Å². The highest BCUT2D eigenvalue weighted by molar-refractivity contribution is 9.10. The van der Waals surface area contributed by atoms with E-state index in [1.165, 1.54) is 5.56 Å². The van der Waals surface area contributed by atoms with E-state index in [9.17, 15) is 5.11 Å². The Bertz CT molecular complexity index is 396. The summed E-state index contributed by atoms with van der Waals surface area (Å²) in [5.74, 6) is 0.326. The third-order valence-corrected chi connectivity index (χ3v) is 4.37. The summed E-state index contributed by atoms with van der Waals surface area (Å²) in [4.78, 5) is 0. The van der Waals surface area contributed by atoms with E-state index < -0.39 is 0 Å². The molecular formula is C13H18BrNO. The molecule has 1 aromatic carbocycles. The van der Waals surface area contributed by atoms with Gasteiger partial charge in [-0.3, -0.25) is 0 Å². The van der Waals surface area contributed by atoms with E-state index in [0.29, 0.717) is 5.75 Å². The number of aromatic hydroxyl groups is 1. The number of benzene rings is 1. The lowest BCUT2D eigenvalue weighted by Gasteiger charge is -2.28. The molecule has 16 heavy (non-hydrogen) atoms. The SMILES string of the molecule is Cc1cc(Br)c(O)c(C2(N)CCCC2)c1C. The first-order valence-corrected chi connectivity index (χ1v) is 6.53. The van der Waals surface area contributed by atoms with E-state index in [-0.39, 0.29) is 5.54 Å². The summed E-state index contributed by atoms with van der Waals surface area (Å²) in [7, 11) is 0. The summed E-state index contributed by atoms with van der Waals surface area (Å²) >= 11 is 3.40. The molecule has 3 N–H and O–H groups in total. The number of hydrogen-bond donors (Lipinski definition) is 2. The van der Waals surface area contributed by atoms with Gasteiger partial charge in [0.25, 0.3) is 0 Å². The molecule has 88 valence electrons. The van der Waals surface area contributed by atoms with Crippen LogP contribution in [0.5, 0.6) is 5.75 Å². The van der Waals surface area contributed by atoms with Crippen LogP contribution < -0.4 is 5.73 Å². The van der Waals surface area contributed by atoms with Crippen LogP contribution in [0.2, 0.25) is 0 Å². The Morgan fingerprint density at radius 1 is 1.31 bits per heavy atom. The standard InChI is InChI=1S/C13H18BrNO/c1-8-7-10(14)12(16)11(9(8)2)13(15)5-3-4-6-13/h7,16H,3-6,15H2,1-2H3. The third kappa shape index (κ3) is 1.76. The van der Waals surface area contributed by atoms with Gasteiger partial charge in [0, 0.05) is 11.1 Å². The van der Waals surface area contributed by atoms with Crippen molar-refractivity contribution in [3.8, 4) is 5.75 Å². The molecule has 1 fully saturated rings. The molecule has 0 unspecified atom stereocenters. The van der Waals surface area contributed by atoms with Crippen LogP contribution in [0.1, 0.15) is 42.4 Å². The molecule has 1 aromatic rings. The molecule has 0 heterocycles. The molecule has 0 saturated heterocycles. The first-order valence-electron chi connectivity index (χ1n) is 5.74. The molecule has 2 nitrogen and oxygen atoms in total. The van der Waals surface area contributed by atoms with Crippen LogP contribution >= 0.6 is 15.9 Å². The van der Waals surface area contributed by atoms with Gasteiger partial charge in [-0.1, -0.05) is 12.8 Å². The Morgan fingerprint density at radius 3 is 2.44 bits per heavy atom. The van der Waals surface area contributed by atoms with Crippen molar-refractivity contribution in [1.82, 2.24) is 0 Å². The summed E-state index contributed by atoms with van der Waals surface area (Å²) < 4.78 is 0.752. The lowest BCUT2D eigenvalue weighted by atomic mass is 9.84. The lowest BCUT2D eigenvalue weighted by molar-refractivity contribution is 0.405. The largest absolute Gasteiger partial charge is 0.506 e. The van der Waals surface area contributed by atoms with Gasteiger partial charge >= 0.3 is 0 Å². The van der Waals surface area contributed by atoms with Crippen molar-refractivity contribution in [2.75, 3.05) is 0 Å². The van der Waals surface area contributed by atoms with Crippen LogP contribution in [0.15, 0.2) is 10.5 Å². The van der Waals surface area contributed by atoms with Crippen LogP contribution in [0.25, 0.3) is 0 Å². The average Bonchev–Trinajstić information content (AvgIpc) is 2.63. The van der Waals surface area contributed by atoms with Crippen molar-refractivity contribution in [1.29, 1.82) is 0 Å². The molecule has 0 radical (unpaired) electrons. The lowest BCUT2D eigenvalue weighted by Crippen LogP contribution is -2.34. The normalized spacial score (nSPS) is 19.0. The van der Waals surface area contributed by atoms with Gasteiger partial charge in [0.1, 0.15) is 5.75 Å². The highest BCUT2D eigenvalue weighted by Gasteiger charge is 2.35. The average molecular weight is 284 g/mol. The van der Waals surface area contributed by atoms with E-state index in [1.54, 1.807) is 0 Å². The molecular weight excluding hydrogens is 266 g/mol. The molecule has 0 aromatic heterocycles. The topological polar surface area (TPSA) is 46.2 Å². The van der Waals surface area contributed by atoms with Crippen molar-refractivity contribution in [3.63, 3.8) is 0 Å². The van der Waals surface area contributed by atoms with Gasteiger partial charge in [-0.15, -0.1) is 0 Å². The van der Waals surface area contributed by atoms with Crippen molar-refractivity contribution in [2.24, 2.45) is 5.73 Å². The Kier molecular flexibility index (Phi) is 3.01. The number of rotatable bonds is 1. The second-order valence-corrected chi connectivity index (χ2v) is 5.74. The maximum Gasteiger partial charge on any atom is 0.135 e. The number of nitrogens with two attached hydrogens (primary N) is 1. The monoisotopic (exact) mass is 283 g/mol. The predicted octanol–water partition coefficient (Wildman–Crippen LogP) is 3.50. The maximum atomic E-state index is 10.2. The highest BCUT2D eigenvalue weighted by Crippen LogP contribution is 2.45. The van der Waals surface area contributed by atoms with Crippen molar-refractivity contribution >= 4 is 15.9 Å². The molecule has 0 bridgehead atoms. The number of aryl methyl sites for hydroxylation is 1. The van der Waals surface area contributed by atoms with Crippen LogP contribution in [-0.2, 0) is 5.54 Å². The first kappa shape index (κ1) is 11.9. The molecule has 0 atom stereocenters. The summed E-state index contributed by atoms with van der Waals surface area (Å²) in [6, 6.07) is 1.95. The van der Waals surface area contributed by atoms with Gasteiger partial charge in [0.05, 0.1) is 4.47 Å². The number of phenolic OH excluding ortho intramolecular Hbond substituents is 1. The van der Waals surface area contributed by atoms with Crippen molar-refractivity contribution in [2.45, 2.75) is 45.1 Å². The minimum absolute atomic E-state index is 0.326. The predicted molar refractivity (Wildman–Crippen MR) is 69.6 cm³/mol. The molecule has 0 aliphatic heterocycles. The fourth-order valence-corrected chi connectivity index (χ4v) is 3.27. The van der Waals surface area contributed by atoms with E-state index >= 15 is 0 Å².